The number of methoxy groups -OCH3 is 1. The molecule has 0 N–H and O–H groups in total. The summed E-state index contributed by atoms with van der Waals surface area (Å²) >= 11 is 1.22. The van der Waals surface area contributed by atoms with Crippen LogP contribution in [-0.4, -0.2) is 18.0 Å². The molecule has 0 heterocycles. The standard InChI is InChI=1S/C13H14O2S/c1-10-7-12(9-13(8-10)15-3)5-4-6-16-11(2)14/h7-9H,6H2,1-3H3. The van der Waals surface area contributed by atoms with Crippen molar-refractivity contribution in [2.45, 2.75) is 13.8 Å². The summed E-state index contributed by atoms with van der Waals surface area (Å²) < 4.78 is 5.15. The predicted octanol–water partition coefficient (Wildman–Crippen LogP) is 2.63. The lowest BCUT2D eigenvalue weighted by Crippen LogP contribution is -1.86. The van der Waals surface area contributed by atoms with Crippen LogP contribution in [-0.2, 0) is 4.79 Å². The number of hydrogen-bond acceptors (Lipinski definition) is 3. The Balaban J connectivity index is 2.72. The Kier molecular flexibility index (Phi) is 4.94. The number of thioether (sulfide) groups is 1. The van der Waals surface area contributed by atoms with Gasteiger partial charge in [-0.25, -0.2) is 0 Å². The van der Waals surface area contributed by atoms with Crippen LogP contribution in [0.5, 0.6) is 5.75 Å². The molecule has 3 heteroatoms. The van der Waals surface area contributed by atoms with Crippen molar-refractivity contribution in [1.29, 1.82) is 0 Å². The highest BCUT2D eigenvalue weighted by molar-refractivity contribution is 8.13. The first-order valence-electron chi connectivity index (χ1n) is 4.89. The number of ether oxygens (including phenoxy) is 1. The van der Waals surface area contributed by atoms with Crippen LogP contribution in [0.15, 0.2) is 18.2 Å². The third-order valence-corrected chi connectivity index (χ3v) is 2.56. The van der Waals surface area contributed by atoms with E-state index in [4.69, 9.17) is 4.74 Å². The number of carbonyl (C=O) groups excluding carboxylic acids is 1. The van der Waals surface area contributed by atoms with Crippen LogP contribution >= 0.6 is 11.8 Å². The van der Waals surface area contributed by atoms with Gasteiger partial charge in [0, 0.05) is 12.5 Å². The quantitative estimate of drug-likeness (QED) is 0.736. The van der Waals surface area contributed by atoms with E-state index in [1.54, 1.807) is 14.0 Å². The average Bonchev–Trinajstić information content (AvgIpc) is 2.23. The lowest BCUT2D eigenvalue weighted by molar-refractivity contribution is -0.109. The maximum absolute atomic E-state index is 10.7. The van der Waals surface area contributed by atoms with Crippen LogP contribution in [0.4, 0.5) is 0 Å². The van der Waals surface area contributed by atoms with E-state index in [2.05, 4.69) is 11.8 Å². The molecule has 0 amide bonds. The molecule has 2 nitrogen and oxygen atoms in total. The van der Waals surface area contributed by atoms with Gasteiger partial charge in [0.25, 0.3) is 0 Å². The molecule has 0 aromatic heterocycles. The molecule has 1 rings (SSSR count). The molecule has 0 aliphatic carbocycles. The van der Waals surface area contributed by atoms with Gasteiger partial charge >= 0.3 is 0 Å². The number of benzene rings is 1. The van der Waals surface area contributed by atoms with Gasteiger partial charge in [0.2, 0.25) is 0 Å². The van der Waals surface area contributed by atoms with Gasteiger partial charge < -0.3 is 4.74 Å². The largest absolute Gasteiger partial charge is 0.497 e. The Bertz CT molecular complexity index is 441. The highest BCUT2D eigenvalue weighted by Crippen LogP contribution is 2.15. The maximum Gasteiger partial charge on any atom is 0.186 e. The van der Waals surface area contributed by atoms with Crippen molar-refractivity contribution < 1.29 is 9.53 Å². The first-order chi connectivity index (χ1) is 7.61. The molecular formula is C13H14O2S. The topological polar surface area (TPSA) is 26.3 Å². The van der Waals surface area contributed by atoms with E-state index in [0.29, 0.717) is 5.75 Å². The van der Waals surface area contributed by atoms with Crippen molar-refractivity contribution in [3.63, 3.8) is 0 Å². The Morgan fingerprint density at radius 2 is 2.19 bits per heavy atom. The fourth-order valence-electron chi connectivity index (χ4n) is 1.21. The second-order valence-electron chi connectivity index (χ2n) is 3.32. The molecule has 84 valence electrons. The summed E-state index contributed by atoms with van der Waals surface area (Å²) in [4.78, 5) is 10.7. The first-order valence-corrected chi connectivity index (χ1v) is 5.88. The second-order valence-corrected chi connectivity index (χ2v) is 4.47. The van der Waals surface area contributed by atoms with E-state index in [-0.39, 0.29) is 5.12 Å². The highest BCUT2D eigenvalue weighted by atomic mass is 32.2. The summed E-state index contributed by atoms with van der Waals surface area (Å²) in [5.74, 6) is 7.30. The van der Waals surface area contributed by atoms with E-state index in [1.165, 1.54) is 11.8 Å². The minimum Gasteiger partial charge on any atom is -0.497 e. The molecule has 0 radical (unpaired) electrons. The van der Waals surface area contributed by atoms with Gasteiger partial charge in [0.1, 0.15) is 5.75 Å². The Hall–Kier alpha value is -1.40. The van der Waals surface area contributed by atoms with Crippen molar-refractivity contribution >= 4 is 16.9 Å². The minimum atomic E-state index is 0.0936. The van der Waals surface area contributed by atoms with Crippen molar-refractivity contribution in [3.05, 3.63) is 29.3 Å². The zero-order valence-electron chi connectivity index (χ0n) is 9.66. The summed E-state index contributed by atoms with van der Waals surface area (Å²) in [7, 11) is 1.64. The maximum atomic E-state index is 10.7. The van der Waals surface area contributed by atoms with E-state index in [9.17, 15) is 4.79 Å². The van der Waals surface area contributed by atoms with Gasteiger partial charge in [-0.3, -0.25) is 4.79 Å². The molecule has 0 atom stereocenters. The molecule has 0 saturated heterocycles. The summed E-state index contributed by atoms with van der Waals surface area (Å²) in [5.41, 5.74) is 2.03. The second kappa shape index (κ2) is 6.24. The summed E-state index contributed by atoms with van der Waals surface area (Å²) in [6.45, 7) is 3.54. The van der Waals surface area contributed by atoms with Crippen LogP contribution < -0.4 is 4.74 Å². The Morgan fingerprint density at radius 3 is 2.81 bits per heavy atom. The molecule has 16 heavy (non-hydrogen) atoms. The summed E-state index contributed by atoms with van der Waals surface area (Å²) in [5, 5.41) is 0.0936. The third kappa shape index (κ3) is 4.41. The van der Waals surface area contributed by atoms with Crippen molar-refractivity contribution in [2.24, 2.45) is 0 Å². The number of rotatable bonds is 2. The molecule has 0 aliphatic rings. The van der Waals surface area contributed by atoms with E-state index in [0.717, 1.165) is 16.9 Å². The smallest absolute Gasteiger partial charge is 0.186 e. The Labute approximate surface area is 100 Å². The molecule has 0 saturated carbocycles. The zero-order chi connectivity index (χ0) is 12.0. The van der Waals surface area contributed by atoms with E-state index >= 15 is 0 Å². The van der Waals surface area contributed by atoms with Crippen LogP contribution in [0.2, 0.25) is 0 Å². The van der Waals surface area contributed by atoms with Crippen molar-refractivity contribution in [3.8, 4) is 17.6 Å². The normalized spacial score (nSPS) is 9.19. The predicted molar refractivity (Wildman–Crippen MR) is 67.7 cm³/mol. The third-order valence-electron chi connectivity index (χ3n) is 1.87. The molecule has 0 spiro atoms. The van der Waals surface area contributed by atoms with Gasteiger partial charge in [0.05, 0.1) is 12.9 Å². The van der Waals surface area contributed by atoms with Gasteiger partial charge in [0.15, 0.2) is 5.12 Å². The molecule has 0 aliphatic heterocycles. The van der Waals surface area contributed by atoms with Crippen LogP contribution in [0.1, 0.15) is 18.1 Å². The molecule has 0 fully saturated rings. The lowest BCUT2D eigenvalue weighted by atomic mass is 10.1. The highest BCUT2D eigenvalue weighted by Gasteiger charge is 1.95. The number of aryl methyl sites for hydroxylation is 1. The minimum absolute atomic E-state index is 0.0936. The van der Waals surface area contributed by atoms with Gasteiger partial charge in [-0.05, 0) is 30.7 Å². The van der Waals surface area contributed by atoms with E-state index in [1.807, 2.05) is 25.1 Å². The zero-order valence-corrected chi connectivity index (χ0v) is 10.5. The molecular weight excluding hydrogens is 220 g/mol. The fourth-order valence-corrected chi connectivity index (χ4v) is 1.56. The molecule has 0 bridgehead atoms. The lowest BCUT2D eigenvalue weighted by Gasteiger charge is -2.01. The Morgan fingerprint density at radius 1 is 1.44 bits per heavy atom. The van der Waals surface area contributed by atoms with Gasteiger partial charge in [-0.1, -0.05) is 23.6 Å². The molecule has 1 aromatic rings. The number of carbonyl (C=O) groups is 1. The SMILES string of the molecule is COc1cc(C)cc(C#CCSC(C)=O)c1. The number of hydrogen-bond donors (Lipinski definition) is 0. The fraction of sp³-hybridized carbons (Fsp3) is 0.308. The van der Waals surface area contributed by atoms with Crippen LogP contribution in [0.3, 0.4) is 0 Å². The average molecular weight is 234 g/mol. The summed E-state index contributed by atoms with van der Waals surface area (Å²) in [6, 6.07) is 5.84. The molecule has 1 aromatic carbocycles. The monoisotopic (exact) mass is 234 g/mol. The van der Waals surface area contributed by atoms with Gasteiger partial charge in [-0.2, -0.15) is 0 Å². The van der Waals surface area contributed by atoms with Crippen LogP contribution in [0, 0.1) is 18.8 Å². The van der Waals surface area contributed by atoms with E-state index < -0.39 is 0 Å². The van der Waals surface area contributed by atoms with Gasteiger partial charge in [-0.15, -0.1) is 0 Å². The van der Waals surface area contributed by atoms with Crippen molar-refractivity contribution in [1.82, 2.24) is 0 Å². The first kappa shape index (κ1) is 12.7. The molecule has 0 unspecified atom stereocenters. The van der Waals surface area contributed by atoms with Crippen LogP contribution in [0.25, 0.3) is 0 Å². The summed E-state index contributed by atoms with van der Waals surface area (Å²) in [6.07, 6.45) is 0. The van der Waals surface area contributed by atoms with Crippen molar-refractivity contribution in [2.75, 3.05) is 12.9 Å².